The van der Waals surface area contributed by atoms with Gasteiger partial charge in [-0.25, -0.2) is 0 Å². The van der Waals surface area contributed by atoms with Crippen molar-refractivity contribution < 1.29 is 0 Å². The lowest BCUT2D eigenvalue weighted by molar-refractivity contribution is 0.716. The third-order valence-corrected chi connectivity index (χ3v) is 17.5. The van der Waals surface area contributed by atoms with E-state index in [4.69, 9.17) is 0 Å². The summed E-state index contributed by atoms with van der Waals surface area (Å²) in [7, 11) is 0. The zero-order chi connectivity index (χ0) is 59.2. The molecular formula is C82H72N4. The highest BCUT2D eigenvalue weighted by molar-refractivity contribution is 5.93. The van der Waals surface area contributed by atoms with E-state index in [1.165, 1.54) is 72.3 Å². The van der Waals surface area contributed by atoms with Crippen LogP contribution in [0.3, 0.4) is 0 Å². The van der Waals surface area contributed by atoms with Crippen LogP contribution in [-0.2, 0) is 5.41 Å². The van der Waals surface area contributed by atoms with Gasteiger partial charge in [-0.2, -0.15) is 0 Å². The van der Waals surface area contributed by atoms with Crippen molar-refractivity contribution in [3.63, 3.8) is 0 Å². The van der Waals surface area contributed by atoms with Gasteiger partial charge in [-0.05, 0) is 247 Å². The van der Waals surface area contributed by atoms with E-state index in [2.05, 4.69) is 355 Å². The monoisotopic (exact) mass is 1110 g/mol. The molecule has 1 aliphatic rings. The Kier molecular flexibility index (Phi) is 14.6. The third-order valence-electron chi connectivity index (χ3n) is 17.5. The molecule has 12 aromatic carbocycles. The highest BCUT2D eigenvalue weighted by Crippen LogP contribution is 2.58. The fourth-order valence-corrected chi connectivity index (χ4v) is 12.5. The molecule has 0 N–H and O–H groups in total. The number of rotatable bonds is 14. The molecule has 0 spiro atoms. The zero-order valence-electron chi connectivity index (χ0n) is 50.8. The van der Waals surface area contributed by atoms with Gasteiger partial charge in [0.1, 0.15) is 0 Å². The standard InChI is InChI=1S/C82H72N4/c1-55-10-28-64(29-11-55)83(65-30-12-56(2)13-31-65)72-44-26-63(27-45-72)76-49-46-73(84(66-32-14-57(3)15-33-66)67-34-16-58(4)17-35-67)52-79(76)82(9)80-53-74(85(68-36-18-59(5)19-37-68)69-38-20-60(6)21-39-69)47-50-77(80)78-51-48-75(54-81(78)82)86(70-40-22-61(7)23-41-70)71-42-24-62(8)25-43-71/h10-54H,1-9H3. The summed E-state index contributed by atoms with van der Waals surface area (Å²) in [6.07, 6.45) is 0. The molecule has 0 heterocycles. The van der Waals surface area contributed by atoms with Crippen LogP contribution in [0.1, 0.15) is 68.1 Å². The minimum absolute atomic E-state index is 0.735. The van der Waals surface area contributed by atoms with Crippen LogP contribution >= 0.6 is 0 Å². The second-order valence-electron chi connectivity index (χ2n) is 23.9. The summed E-state index contributed by atoms with van der Waals surface area (Å²) in [6.45, 7) is 19.8. The number of hydrogen-bond donors (Lipinski definition) is 0. The summed E-state index contributed by atoms with van der Waals surface area (Å²) in [5.41, 5.74) is 30.6. The van der Waals surface area contributed by atoms with Crippen LogP contribution < -0.4 is 19.6 Å². The van der Waals surface area contributed by atoms with Crippen molar-refractivity contribution in [1.29, 1.82) is 0 Å². The van der Waals surface area contributed by atoms with E-state index in [1.54, 1.807) is 0 Å². The Morgan fingerprint density at radius 1 is 0.186 bits per heavy atom. The number of anilines is 12. The molecule has 1 aliphatic carbocycles. The van der Waals surface area contributed by atoms with Crippen molar-refractivity contribution in [2.45, 2.75) is 67.7 Å². The molecule has 420 valence electrons. The molecule has 0 unspecified atom stereocenters. The maximum Gasteiger partial charge on any atom is 0.0465 e. The smallest absolute Gasteiger partial charge is 0.0465 e. The molecule has 0 atom stereocenters. The number of nitrogens with zero attached hydrogens (tertiary/aromatic N) is 4. The Labute approximate surface area is 509 Å². The van der Waals surface area contributed by atoms with Crippen LogP contribution in [0.25, 0.3) is 22.3 Å². The van der Waals surface area contributed by atoms with Gasteiger partial charge in [0, 0.05) is 73.7 Å². The lowest BCUT2D eigenvalue weighted by Gasteiger charge is -2.35. The number of aryl methyl sites for hydroxylation is 8. The maximum absolute atomic E-state index is 2.50. The van der Waals surface area contributed by atoms with E-state index < -0.39 is 5.41 Å². The second kappa shape index (κ2) is 22.8. The first-order valence-electron chi connectivity index (χ1n) is 30.0. The van der Waals surface area contributed by atoms with Crippen LogP contribution in [0.4, 0.5) is 68.2 Å². The third kappa shape index (κ3) is 10.5. The molecule has 0 amide bonds. The number of benzene rings is 12. The van der Waals surface area contributed by atoms with Gasteiger partial charge in [-0.1, -0.05) is 172 Å². The first kappa shape index (κ1) is 55.1. The van der Waals surface area contributed by atoms with E-state index in [0.717, 1.165) is 79.4 Å². The fraction of sp³-hybridized carbons (Fsp3) is 0.122. The van der Waals surface area contributed by atoms with E-state index in [-0.39, 0.29) is 0 Å². The van der Waals surface area contributed by atoms with Gasteiger partial charge in [0.15, 0.2) is 0 Å². The van der Waals surface area contributed by atoms with E-state index in [9.17, 15) is 0 Å². The van der Waals surface area contributed by atoms with Gasteiger partial charge >= 0.3 is 0 Å². The van der Waals surface area contributed by atoms with Crippen molar-refractivity contribution in [3.8, 4) is 22.3 Å². The quantitative estimate of drug-likeness (QED) is 0.108. The summed E-state index contributed by atoms with van der Waals surface area (Å²) >= 11 is 0. The molecule has 0 saturated carbocycles. The molecule has 0 saturated heterocycles. The molecule has 86 heavy (non-hydrogen) atoms. The summed E-state index contributed by atoms with van der Waals surface area (Å²) in [5, 5.41) is 0. The van der Waals surface area contributed by atoms with E-state index in [0.29, 0.717) is 0 Å². The summed E-state index contributed by atoms with van der Waals surface area (Å²) in [4.78, 5) is 9.63. The van der Waals surface area contributed by atoms with Crippen molar-refractivity contribution >= 4 is 68.2 Å². The topological polar surface area (TPSA) is 13.0 Å². The Balaban J connectivity index is 1.08. The summed E-state index contributed by atoms with van der Waals surface area (Å²) in [6, 6.07) is 102. The van der Waals surface area contributed by atoms with Gasteiger partial charge in [-0.15, -0.1) is 0 Å². The van der Waals surface area contributed by atoms with Crippen LogP contribution in [0.15, 0.2) is 273 Å². The van der Waals surface area contributed by atoms with Gasteiger partial charge in [0.2, 0.25) is 0 Å². The lowest BCUT2D eigenvalue weighted by atomic mass is 9.71. The normalized spacial score (nSPS) is 12.1. The second-order valence-corrected chi connectivity index (χ2v) is 23.9. The van der Waals surface area contributed by atoms with Crippen LogP contribution in [0.5, 0.6) is 0 Å². The summed E-state index contributed by atoms with van der Waals surface area (Å²) in [5.74, 6) is 0. The van der Waals surface area contributed by atoms with Gasteiger partial charge in [0.05, 0.1) is 0 Å². The molecule has 0 fully saturated rings. The van der Waals surface area contributed by atoms with Gasteiger partial charge in [-0.3, -0.25) is 0 Å². The van der Waals surface area contributed by atoms with Crippen LogP contribution in [0.2, 0.25) is 0 Å². The van der Waals surface area contributed by atoms with Crippen molar-refractivity contribution in [2.24, 2.45) is 0 Å². The van der Waals surface area contributed by atoms with Crippen LogP contribution in [0, 0.1) is 55.4 Å². The van der Waals surface area contributed by atoms with E-state index in [1.807, 2.05) is 0 Å². The predicted octanol–water partition coefficient (Wildman–Crippen LogP) is 23.0. The maximum atomic E-state index is 2.50. The first-order valence-corrected chi connectivity index (χ1v) is 30.0. The molecule has 0 aromatic heterocycles. The largest absolute Gasteiger partial charge is 0.311 e. The minimum atomic E-state index is -0.735. The number of hydrogen-bond acceptors (Lipinski definition) is 4. The fourth-order valence-electron chi connectivity index (χ4n) is 12.5. The van der Waals surface area contributed by atoms with Crippen molar-refractivity contribution in [1.82, 2.24) is 0 Å². The molecular weight excluding hydrogens is 1040 g/mol. The minimum Gasteiger partial charge on any atom is -0.311 e. The van der Waals surface area contributed by atoms with Crippen molar-refractivity contribution in [3.05, 3.63) is 334 Å². The molecule has 0 radical (unpaired) electrons. The molecule has 4 nitrogen and oxygen atoms in total. The summed E-state index contributed by atoms with van der Waals surface area (Å²) < 4.78 is 0. The average molecular weight is 1110 g/mol. The van der Waals surface area contributed by atoms with Crippen LogP contribution in [-0.4, -0.2) is 0 Å². The molecule has 0 aliphatic heterocycles. The molecule has 0 bridgehead atoms. The highest BCUT2D eigenvalue weighted by atomic mass is 15.2. The number of fused-ring (bicyclic) bond motifs is 3. The highest BCUT2D eigenvalue weighted by Gasteiger charge is 2.44. The SMILES string of the molecule is Cc1ccc(N(c2ccc(C)cc2)c2ccc(-c3ccc(N(c4ccc(C)cc4)c4ccc(C)cc4)cc3C3(C)c4cc(N(c5ccc(C)cc5)c5ccc(C)cc5)ccc4-c4ccc(N(c5ccc(C)cc5)c5ccc(C)cc5)cc43)cc2)cc1. The molecule has 12 aromatic rings. The zero-order valence-corrected chi connectivity index (χ0v) is 50.8. The average Bonchev–Trinajstić information content (AvgIpc) is 1.55. The predicted molar refractivity (Wildman–Crippen MR) is 366 cm³/mol. The Hall–Kier alpha value is -10.2. The first-order chi connectivity index (χ1) is 41.7. The Morgan fingerprint density at radius 3 is 0.570 bits per heavy atom. The van der Waals surface area contributed by atoms with E-state index >= 15 is 0 Å². The Morgan fingerprint density at radius 2 is 0.349 bits per heavy atom. The van der Waals surface area contributed by atoms with Gasteiger partial charge < -0.3 is 19.6 Å². The Bertz CT molecular complexity index is 4050. The van der Waals surface area contributed by atoms with Crippen molar-refractivity contribution in [2.75, 3.05) is 19.6 Å². The lowest BCUT2D eigenvalue weighted by Crippen LogP contribution is -2.25. The van der Waals surface area contributed by atoms with Gasteiger partial charge in [0.25, 0.3) is 0 Å². The molecule has 4 heteroatoms. The molecule has 13 rings (SSSR count).